The lowest BCUT2D eigenvalue weighted by molar-refractivity contribution is 0.0827. The maximum Gasteiger partial charge on any atom is 0.253 e. The smallest absolute Gasteiger partial charge is 0.253 e. The van der Waals surface area contributed by atoms with Crippen LogP contribution in [0.4, 0.5) is 0 Å². The van der Waals surface area contributed by atoms with Gasteiger partial charge < -0.3 is 20.4 Å². The Hall–Kier alpha value is -1.35. The summed E-state index contributed by atoms with van der Waals surface area (Å²) >= 11 is 0. The highest BCUT2D eigenvalue weighted by atomic mass is 127. The van der Waals surface area contributed by atoms with Crippen molar-refractivity contribution in [2.75, 3.05) is 47.3 Å². The molecule has 1 aliphatic heterocycles. The van der Waals surface area contributed by atoms with E-state index >= 15 is 0 Å². The molecule has 6 nitrogen and oxygen atoms in total. The van der Waals surface area contributed by atoms with Gasteiger partial charge in [0.1, 0.15) is 0 Å². The molecule has 2 rings (SSSR count). The molecule has 0 aromatic heterocycles. The Labute approximate surface area is 180 Å². The third kappa shape index (κ3) is 7.65. The van der Waals surface area contributed by atoms with E-state index in [1.165, 1.54) is 25.9 Å². The fraction of sp³-hybridized carbons (Fsp3) is 0.600. The van der Waals surface area contributed by atoms with E-state index in [0.29, 0.717) is 18.0 Å². The maximum atomic E-state index is 11.9. The first kappa shape index (κ1) is 23.7. The molecule has 1 saturated heterocycles. The number of hydrogen-bond acceptors (Lipinski definition) is 3. The minimum Gasteiger partial charge on any atom is -0.356 e. The molecule has 27 heavy (non-hydrogen) atoms. The number of rotatable bonds is 6. The molecule has 1 heterocycles. The Kier molecular flexibility index (Phi) is 10.7. The van der Waals surface area contributed by atoms with E-state index < -0.39 is 0 Å². The van der Waals surface area contributed by atoms with E-state index in [2.05, 4.69) is 27.4 Å². The molecule has 1 amide bonds. The van der Waals surface area contributed by atoms with Gasteiger partial charge in [0.05, 0.1) is 0 Å². The molecule has 0 spiro atoms. The molecule has 1 atom stereocenters. The summed E-state index contributed by atoms with van der Waals surface area (Å²) in [6.45, 7) is 7.39. The molecule has 0 aliphatic carbocycles. The summed E-state index contributed by atoms with van der Waals surface area (Å²) in [5, 5.41) is 6.80. The van der Waals surface area contributed by atoms with Crippen molar-refractivity contribution in [3.05, 3.63) is 35.4 Å². The van der Waals surface area contributed by atoms with Gasteiger partial charge in [0.15, 0.2) is 5.96 Å². The molecule has 1 aromatic carbocycles. The van der Waals surface area contributed by atoms with Crippen molar-refractivity contribution in [3.8, 4) is 0 Å². The monoisotopic (exact) mass is 487 g/mol. The standard InChI is InChI=1S/C20H33N5O.HI/c1-5-25-12-6-7-17(15-25)14-23-20(21-2)22-13-16-8-10-18(11-9-16)19(26)24(3)4;/h8-11,17H,5-7,12-15H2,1-4H3,(H2,21,22,23);1H. The summed E-state index contributed by atoms with van der Waals surface area (Å²) in [5.74, 6) is 1.53. The van der Waals surface area contributed by atoms with Gasteiger partial charge >= 0.3 is 0 Å². The lowest BCUT2D eigenvalue weighted by Gasteiger charge is -2.32. The number of amides is 1. The van der Waals surface area contributed by atoms with Crippen molar-refractivity contribution < 1.29 is 4.79 Å². The first-order valence-electron chi connectivity index (χ1n) is 9.51. The lowest BCUT2D eigenvalue weighted by atomic mass is 9.98. The molecule has 0 saturated carbocycles. The lowest BCUT2D eigenvalue weighted by Crippen LogP contribution is -2.44. The van der Waals surface area contributed by atoms with Gasteiger partial charge in [0.2, 0.25) is 0 Å². The summed E-state index contributed by atoms with van der Waals surface area (Å²) < 4.78 is 0. The number of carbonyl (C=O) groups excluding carboxylic acids is 1. The molecule has 1 unspecified atom stereocenters. The van der Waals surface area contributed by atoms with Gasteiger partial charge in [-0.3, -0.25) is 9.79 Å². The van der Waals surface area contributed by atoms with Crippen molar-refractivity contribution >= 4 is 35.8 Å². The van der Waals surface area contributed by atoms with Crippen molar-refractivity contribution in [2.24, 2.45) is 10.9 Å². The first-order chi connectivity index (χ1) is 12.5. The number of piperidine rings is 1. The highest BCUT2D eigenvalue weighted by Gasteiger charge is 2.18. The fourth-order valence-electron chi connectivity index (χ4n) is 3.28. The third-order valence-electron chi connectivity index (χ3n) is 4.90. The van der Waals surface area contributed by atoms with Crippen LogP contribution < -0.4 is 10.6 Å². The number of nitrogens with one attached hydrogen (secondary N) is 2. The Balaban J connectivity index is 0.00000364. The van der Waals surface area contributed by atoms with Gasteiger partial charge in [0, 0.05) is 46.3 Å². The van der Waals surface area contributed by atoms with E-state index in [-0.39, 0.29) is 29.9 Å². The Morgan fingerprint density at radius 3 is 2.56 bits per heavy atom. The van der Waals surface area contributed by atoms with Crippen LogP contribution in [-0.4, -0.2) is 69.0 Å². The van der Waals surface area contributed by atoms with E-state index in [9.17, 15) is 4.79 Å². The predicted molar refractivity (Wildman–Crippen MR) is 123 cm³/mol. The van der Waals surface area contributed by atoms with Crippen molar-refractivity contribution in [3.63, 3.8) is 0 Å². The molecule has 1 aromatic rings. The molecule has 1 fully saturated rings. The summed E-state index contributed by atoms with van der Waals surface area (Å²) in [6, 6.07) is 7.71. The van der Waals surface area contributed by atoms with Gasteiger partial charge in [-0.2, -0.15) is 0 Å². The molecule has 152 valence electrons. The Bertz CT molecular complexity index is 603. The molecule has 0 bridgehead atoms. The van der Waals surface area contributed by atoms with Crippen molar-refractivity contribution in [2.45, 2.75) is 26.3 Å². The molecule has 0 radical (unpaired) electrons. The number of hydrogen-bond donors (Lipinski definition) is 2. The summed E-state index contributed by atoms with van der Waals surface area (Å²) in [6.07, 6.45) is 2.56. The molecular formula is C20H34IN5O. The molecular weight excluding hydrogens is 453 g/mol. The second-order valence-corrected chi connectivity index (χ2v) is 7.10. The van der Waals surface area contributed by atoms with E-state index in [1.54, 1.807) is 26.0 Å². The van der Waals surface area contributed by atoms with Crippen LogP contribution in [0.2, 0.25) is 0 Å². The summed E-state index contributed by atoms with van der Waals surface area (Å²) in [4.78, 5) is 20.3. The van der Waals surface area contributed by atoms with Crippen LogP contribution in [0.1, 0.15) is 35.7 Å². The molecule has 2 N–H and O–H groups in total. The zero-order chi connectivity index (χ0) is 18.9. The van der Waals surface area contributed by atoms with Crippen LogP contribution in [0, 0.1) is 5.92 Å². The van der Waals surface area contributed by atoms with Crippen LogP contribution >= 0.6 is 24.0 Å². The van der Waals surface area contributed by atoms with Crippen molar-refractivity contribution in [1.29, 1.82) is 0 Å². The van der Waals surface area contributed by atoms with Gasteiger partial charge in [-0.05, 0) is 49.5 Å². The fourth-order valence-corrected chi connectivity index (χ4v) is 3.28. The molecule has 1 aliphatic rings. The van der Waals surface area contributed by atoms with E-state index in [4.69, 9.17) is 0 Å². The quantitative estimate of drug-likeness (QED) is 0.368. The van der Waals surface area contributed by atoms with Crippen LogP contribution in [0.5, 0.6) is 0 Å². The highest BCUT2D eigenvalue weighted by Crippen LogP contribution is 2.15. The van der Waals surface area contributed by atoms with Gasteiger partial charge in [-0.15, -0.1) is 24.0 Å². The normalized spacial score (nSPS) is 17.8. The van der Waals surface area contributed by atoms with E-state index in [1.807, 2.05) is 24.3 Å². The van der Waals surface area contributed by atoms with Gasteiger partial charge in [0.25, 0.3) is 5.91 Å². The van der Waals surface area contributed by atoms with Crippen LogP contribution in [0.3, 0.4) is 0 Å². The number of guanidine groups is 1. The second kappa shape index (κ2) is 12.2. The van der Waals surface area contributed by atoms with Crippen LogP contribution in [0.15, 0.2) is 29.3 Å². The predicted octanol–water partition coefficient (Wildman–Crippen LogP) is 2.40. The van der Waals surface area contributed by atoms with Crippen LogP contribution in [-0.2, 0) is 6.54 Å². The maximum absolute atomic E-state index is 11.9. The van der Waals surface area contributed by atoms with Crippen LogP contribution in [0.25, 0.3) is 0 Å². The average Bonchev–Trinajstić information content (AvgIpc) is 2.68. The number of carbonyl (C=O) groups is 1. The minimum absolute atomic E-state index is 0. The number of nitrogens with zero attached hydrogens (tertiary/aromatic N) is 3. The number of aliphatic imine (C=N–C) groups is 1. The SMILES string of the molecule is CCN1CCCC(CNC(=NC)NCc2ccc(C(=O)N(C)C)cc2)C1.I. The number of halogens is 1. The third-order valence-corrected chi connectivity index (χ3v) is 4.90. The first-order valence-corrected chi connectivity index (χ1v) is 9.51. The Morgan fingerprint density at radius 1 is 1.26 bits per heavy atom. The van der Waals surface area contributed by atoms with E-state index in [0.717, 1.165) is 24.6 Å². The van der Waals surface area contributed by atoms with Crippen molar-refractivity contribution in [1.82, 2.24) is 20.4 Å². The molecule has 7 heteroatoms. The Morgan fingerprint density at radius 2 is 1.96 bits per heavy atom. The van der Waals surface area contributed by atoms with Gasteiger partial charge in [-0.1, -0.05) is 19.1 Å². The zero-order valence-electron chi connectivity index (χ0n) is 17.0. The summed E-state index contributed by atoms with van der Waals surface area (Å²) in [7, 11) is 5.33. The number of benzene rings is 1. The average molecular weight is 487 g/mol. The number of likely N-dealkylation sites (tertiary alicyclic amines) is 1. The topological polar surface area (TPSA) is 60.0 Å². The second-order valence-electron chi connectivity index (χ2n) is 7.10. The minimum atomic E-state index is 0. The van der Waals surface area contributed by atoms with Gasteiger partial charge in [-0.25, -0.2) is 0 Å². The summed E-state index contributed by atoms with van der Waals surface area (Å²) in [5.41, 5.74) is 1.83. The largest absolute Gasteiger partial charge is 0.356 e. The zero-order valence-corrected chi connectivity index (χ0v) is 19.3. The highest BCUT2D eigenvalue weighted by molar-refractivity contribution is 14.0.